The summed E-state index contributed by atoms with van der Waals surface area (Å²) in [6.45, 7) is 4.43. The minimum atomic E-state index is -0.383. The van der Waals surface area contributed by atoms with Crippen LogP contribution in [-0.2, 0) is 6.42 Å². The molecule has 7 heteroatoms. The lowest BCUT2D eigenvalue weighted by molar-refractivity contribution is -0.383. The van der Waals surface area contributed by atoms with E-state index in [1.165, 1.54) is 17.4 Å². The first-order chi connectivity index (χ1) is 9.06. The maximum absolute atomic E-state index is 10.8. The first-order valence-corrected chi connectivity index (χ1v) is 6.71. The van der Waals surface area contributed by atoms with Gasteiger partial charge in [-0.3, -0.25) is 10.1 Å². The molecule has 0 spiro atoms. The van der Waals surface area contributed by atoms with Crippen molar-refractivity contribution in [3.05, 3.63) is 44.8 Å². The summed E-state index contributed by atoms with van der Waals surface area (Å²) in [5, 5.41) is 16.1. The summed E-state index contributed by atoms with van der Waals surface area (Å²) in [7, 11) is 0. The molecule has 2 aromatic rings. The third-order valence-electron chi connectivity index (χ3n) is 2.50. The lowest BCUT2D eigenvalue weighted by atomic mass is 10.3. The van der Waals surface area contributed by atoms with E-state index in [0.29, 0.717) is 18.0 Å². The number of aromatic nitrogens is 2. The summed E-state index contributed by atoms with van der Waals surface area (Å²) in [4.78, 5) is 19.0. The van der Waals surface area contributed by atoms with Crippen molar-refractivity contribution < 1.29 is 4.92 Å². The molecule has 0 aliphatic carbocycles. The molecule has 0 aliphatic heterocycles. The first-order valence-electron chi connectivity index (χ1n) is 5.83. The molecule has 2 aromatic heterocycles. The average Bonchev–Trinajstić information content (AvgIpc) is 2.76. The van der Waals surface area contributed by atoms with E-state index in [0.717, 1.165) is 17.2 Å². The Morgan fingerprint density at radius 1 is 1.37 bits per heavy atom. The minimum absolute atomic E-state index is 0.117. The normalized spacial score (nSPS) is 10.4. The summed E-state index contributed by atoms with van der Waals surface area (Å²) in [5.74, 6) is 0.754. The van der Waals surface area contributed by atoms with E-state index in [9.17, 15) is 10.1 Å². The summed E-state index contributed by atoms with van der Waals surface area (Å²) in [6.07, 6.45) is 0.636. The van der Waals surface area contributed by atoms with Gasteiger partial charge in [-0.1, -0.05) is 0 Å². The molecule has 0 fully saturated rings. The van der Waals surface area contributed by atoms with Crippen molar-refractivity contribution in [3.63, 3.8) is 0 Å². The van der Waals surface area contributed by atoms with Gasteiger partial charge in [-0.05, 0) is 25.3 Å². The highest BCUT2D eigenvalue weighted by Crippen LogP contribution is 2.29. The van der Waals surface area contributed by atoms with Crippen molar-refractivity contribution in [2.24, 2.45) is 0 Å². The van der Waals surface area contributed by atoms with Crippen LogP contribution in [0.15, 0.2) is 17.5 Å². The van der Waals surface area contributed by atoms with Gasteiger partial charge in [0.25, 0.3) is 0 Å². The van der Waals surface area contributed by atoms with Gasteiger partial charge < -0.3 is 5.32 Å². The molecule has 0 amide bonds. The smallest absolute Gasteiger partial charge is 0.303 e. The molecular weight excluding hydrogens is 264 g/mol. The molecule has 0 unspecified atom stereocenters. The molecule has 0 aromatic carbocycles. The summed E-state index contributed by atoms with van der Waals surface area (Å²) < 4.78 is 0. The standard InChI is InChI=1S/C12H14N4O2S/c1-8-7-9(2)15-11(14-8)3-5-13-12-10(16(17)18)4-6-19-12/h4,6-7,13H,3,5H2,1-2H3. The number of nitro groups is 1. The fraction of sp³-hybridized carbons (Fsp3) is 0.333. The molecule has 2 rings (SSSR count). The van der Waals surface area contributed by atoms with Gasteiger partial charge in [-0.15, -0.1) is 11.3 Å². The molecule has 0 atom stereocenters. The van der Waals surface area contributed by atoms with Crippen molar-refractivity contribution in [1.29, 1.82) is 0 Å². The van der Waals surface area contributed by atoms with Crippen molar-refractivity contribution in [2.45, 2.75) is 20.3 Å². The zero-order valence-electron chi connectivity index (χ0n) is 10.7. The monoisotopic (exact) mass is 278 g/mol. The second-order valence-corrected chi connectivity index (χ2v) is 5.05. The maximum Gasteiger partial charge on any atom is 0.303 e. The van der Waals surface area contributed by atoms with Crippen LogP contribution in [-0.4, -0.2) is 21.4 Å². The van der Waals surface area contributed by atoms with Gasteiger partial charge in [-0.25, -0.2) is 9.97 Å². The van der Waals surface area contributed by atoms with Gasteiger partial charge >= 0.3 is 5.69 Å². The zero-order chi connectivity index (χ0) is 13.8. The molecule has 0 aliphatic rings. The van der Waals surface area contributed by atoms with Crippen molar-refractivity contribution in [3.8, 4) is 0 Å². The van der Waals surface area contributed by atoms with Crippen LogP contribution in [0.3, 0.4) is 0 Å². The molecular formula is C12H14N4O2S. The minimum Gasteiger partial charge on any atom is -0.371 e. The SMILES string of the molecule is Cc1cc(C)nc(CCNc2sccc2[N+](=O)[O-])n1. The second-order valence-electron chi connectivity index (χ2n) is 4.14. The van der Waals surface area contributed by atoms with Gasteiger partial charge in [0.2, 0.25) is 0 Å². The van der Waals surface area contributed by atoms with Crippen LogP contribution in [0, 0.1) is 24.0 Å². The Labute approximate surface area is 114 Å². The molecule has 100 valence electrons. The van der Waals surface area contributed by atoms with E-state index < -0.39 is 0 Å². The number of rotatable bonds is 5. The van der Waals surface area contributed by atoms with E-state index in [1.54, 1.807) is 5.38 Å². The van der Waals surface area contributed by atoms with Crippen LogP contribution in [0.25, 0.3) is 0 Å². The summed E-state index contributed by atoms with van der Waals surface area (Å²) in [5.41, 5.74) is 1.99. The average molecular weight is 278 g/mol. The third kappa shape index (κ3) is 3.47. The quantitative estimate of drug-likeness (QED) is 0.671. The van der Waals surface area contributed by atoms with E-state index in [-0.39, 0.29) is 10.6 Å². The number of nitrogens with zero attached hydrogens (tertiary/aromatic N) is 3. The summed E-state index contributed by atoms with van der Waals surface area (Å²) >= 11 is 1.33. The predicted octanol–water partition coefficient (Wildman–Crippen LogP) is 2.72. The maximum atomic E-state index is 10.8. The largest absolute Gasteiger partial charge is 0.371 e. The van der Waals surface area contributed by atoms with Crippen molar-refractivity contribution in [1.82, 2.24) is 9.97 Å². The fourth-order valence-corrected chi connectivity index (χ4v) is 2.56. The van der Waals surface area contributed by atoms with Gasteiger partial charge in [0, 0.05) is 30.4 Å². The predicted molar refractivity (Wildman–Crippen MR) is 74.7 cm³/mol. The molecule has 6 nitrogen and oxygen atoms in total. The Bertz CT molecular complexity index is 577. The second kappa shape index (κ2) is 5.75. The highest BCUT2D eigenvalue weighted by atomic mass is 32.1. The topological polar surface area (TPSA) is 81.0 Å². The number of thiophene rings is 1. The van der Waals surface area contributed by atoms with Crippen molar-refractivity contribution in [2.75, 3.05) is 11.9 Å². The van der Waals surface area contributed by atoms with Gasteiger partial charge in [0.05, 0.1) is 4.92 Å². The van der Waals surface area contributed by atoms with Gasteiger partial charge in [0.1, 0.15) is 5.82 Å². The first kappa shape index (κ1) is 13.4. The molecule has 0 radical (unpaired) electrons. The van der Waals surface area contributed by atoms with E-state index in [2.05, 4.69) is 15.3 Å². The molecule has 19 heavy (non-hydrogen) atoms. The van der Waals surface area contributed by atoms with Crippen molar-refractivity contribution >= 4 is 22.0 Å². The van der Waals surface area contributed by atoms with Crippen LogP contribution in [0.5, 0.6) is 0 Å². The zero-order valence-corrected chi connectivity index (χ0v) is 11.5. The molecule has 0 saturated carbocycles. The van der Waals surface area contributed by atoms with Crippen LogP contribution in [0.2, 0.25) is 0 Å². The fourth-order valence-electron chi connectivity index (χ4n) is 1.78. The van der Waals surface area contributed by atoms with Crippen LogP contribution in [0.4, 0.5) is 10.7 Å². The Hall–Kier alpha value is -2.02. The Morgan fingerprint density at radius 2 is 2.05 bits per heavy atom. The number of hydrogen-bond donors (Lipinski definition) is 1. The van der Waals surface area contributed by atoms with Crippen LogP contribution >= 0.6 is 11.3 Å². The van der Waals surface area contributed by atoms with E-state index in [4.69, 9.17) is 0 Å². The Kier molecular flexibility index (Phi) is 4.06. The van der Waals surface area contributed by atoms with Gasteiger partial charge in [-0.2, -0.15) is 0 Å². The lowest BCUT2D eigenvalue weighted by Crippen LogP contribution is -2.08. The number of hydrogen-bond acceptors (Lipinski definition) is 6. The number of anilines is 1. The highest BCUT2D eigenvalue weighted by Gasteiger charge is 2.14. The summed E-state index contributed by atoms with van der Waals surface area (Å²) in [6, 6.07) is 3.42. The number of nitrogens with one attached hydrogen (secondary N) is 1. The van der Waals surface area contributed by atoms with Crippen LogP contribution in [0.1, 0.15) is 17.2 Å². The molecule has 1 N–H and O–H groups in total. The molecule has 0 saturated heterocycles. The molecule has 0 bridgehead atoms. The van der Waals surface area contributed by atoms with Gasteiger partial charge in [0.15, 0.2) is 5.00 Å². The van der Waals surface area contributed by atoms with E-state index in [1.807, 2.05) is 19.9 Å². The number of aryl methyl sites for hydroxylation is 2. The highest BCUT2D eigenvalue weighted by molar-refractivity contribution is 7.14. The third-order valence-corrected chi connectivity index (χ3v) is 3.37. The Balaban J connectivity index is 1.96. The van der Waals surface area contributed by atoms with E-state index >= 15 is 0 Å². The molecule has 2 heterocycles. The Morgan fingerprint density at radius 3 is 2.68 bits per heavy atom. The van der Waals surface area contributed by atoms with Crippen LogP contribution < -0.4 is 5.32 Å². The lowest BCUT2D eigenvalue weighted by Gasteiger charge is -2.04.